The van der Waals surface area contributed by atoms with E-state index in [9.17, 15) is 14.0 Å². The lowest BCUT2D eigenvalue weighted by molar-refractivity contribution is -0.199. The Labute approximate surface area is 145 Å². The van der Waals surface area contributed by atoms with E-state index >= 15 is 0 Å². The maximum absolute atomic E-state index is 13.7. The molecule has 3 aromatic heterocycles. The Kier molecular flexibility index (Phi) is 2.87. The largest absolute Gasteiger partial charge is 0.316 e. The summed E-state index contributed by atoms with van der Waals surface area (Å²) in [6, 6.07) is 3.40. The molecule has 0 unspecified atom stereocenters. The Hall–Kier alpha value is -3.17. The third-order valence-corrected chi connectivity index (χ3v) is 5.20. The first-order valence-corrected chi connectivity index (χ1v) is 8.19. The standard InChI is InChI=1S/C16H14FN7O2/c17-15-8-16(9-15,10-15)23-6-5-22(13(25)14(23)26)7-11-1-2-12(20-19-11)24-4-3-18-21-24/h1-6H,7-10H2. The van der Waals surface area contributed by atoms with Crippen LogP contribution in [0.4, 0.5) is 4.39 Å². The van der Waals surface area contributed by atoms with Crippen LogP contribution < -0.4 is 11.1 Å². The van der Waals surface area contributed by atoms with Gasteiger partial charge in [-0.25, -0.2) is 9.07 Å². The maximum Gasteiger partial charge on any atom is 0.316 e. The van der Waals surface area contributed by atoms with Crippen molar-refractivity contribution < 1.29 is 4.39 Å². The summed E-state index contributed by atoms with van der Waals surface area (Å²) in [7, 11) is 0. The molecule has 3 aliphatic carbocycles. The predicted octanol–water partition coefficient (Wildman–Crippen LogP) is 0.0301. The van der Waals surface area contributed by atoms with E-state index in [4.69, 9.17) is 0 Å². The molecule has 3 fully saturated rings. The molecule has 3 heterocycles. The Balaban J connectivity index is 1.40. The van der Waals surface area contributed by atoms with Crippen LogP contribution in [0.25, 0.3) is 5.82 Å². The van der Waals surface area contributed by atoms with Crippen LogP contribution in [0.5, 0.6) is 0 Å². The highest BCUT2D eigenvalue weighted by Crippen LogP contribution is 2.66. The number of halogens is 1. The van der Waals surface area contributed by atoms with E-state index < -0.39 is 22.3 Å². The molecule has 0 N–H and O–H groups in total. The molecule has 0 atom stereocenters. The lowest BCUT2D eigenvalue weighted by Crippen LogP contribution is -2.72. The second-order valence-corrected chi connectivity index (χ2v) is 7.04. The van der Waals surface area contributed by atoms with Gasteiger partial charge in [-0.15, -0.1) is 10.2 Å². The average molecular weight is 355 g/mol. The minimum Gasteiger partial charge on any atom is -0.303 e. The van der Waals surface area contributed by atoms with Crippen molar-refractivity contribution in [1.82, 2.24) is 34.3 Å². The molecule has 9 nitrogen and oxygen atoms in total. The van der Waals surface area contributed by atoms with Gasteiger partial charge in [0.25, 0.3) is 0 Å². The van der Waals surface area contributed by atoms with Crippen LogP contribution in [-0.4, -0.2) is 40.0 Å². The summed E-state index contributed by atoms with van der Waals surface area (Å²) in [6.45, 7) is 0.125. The third-order valence-electron chi connectivity index (χ3n) is 5.20. The SMILES string of the molecule is O=c1c(=O)n(C23CC(F)(C2)C3)ccn1Cc1ccc(-n2ccnn2)nn1. The highest BCUT2D eigenvalue weighted by Gasteiger charge is 2.70. The Morgan fingerprint density at radius 1 is 1.04 bits per heavy atom. The fourth-order valence-corrected chi connectivity index (χ4v) is 3.94. The molecular formula is C16H14FN7O2. The van der Waals surface area contributed by atoms with E-state index in [1.165, 1.54) is 20.0 Å². The van der Waals surface area contributed by atoms with Crippen molar-refractivity contribution in [3.8, 4) is 5.82 Å². The average Bonchev–Trinajstić information content (AvgIpc) is 3.11. The van der Waals surface area contributed by atoms with Crippen LogP contribution in [0.3, 0.4) is 0 Å². The van der Waals surface area contributed by atoms with Gasteiger partial charge in [0.2, 0.25) is 0 Å². The molecule has 3 saturated carbocycles. The molecule has 0 saturated heterocycles. The van der Waals surface area contributed by atoms with Crippen molar-refractivity contribution in [2.24, 2.45) is 0 Å². The van der Waals surface area contributed by atoms with E-state index in [0.29, 0.717) is 30.8 Å². The van der Waals surface area contributed by atoms with Gasteiger partial charge in [0.15, 0.2) is 5.82 Å². The molecule has 0 aliphatic heterocycles. The van der Waals surface area contributed by atoms with Gasteiger partial charge >= 0.3 is 11.1 Å². The zero-order chi connectivity index (χ0) is 17.9. The number of aromatic nitrogens is 7. The van der Waals surface area contributed by atoms with E-state index in [2.05, 4.69) is 20.5 Å². The zero-order valence-corrected chi connectivity index (χ0v) is 13.6. The molecule has 0 spiro atoms. The predicted molar refractivity (Wildman–Crippen MR) is 86.7 cm³/mol. The van der Waals surface area contributed by atoms with E-state index in [0.717, 1.165) is 0 Å². The van der Waals surface area contributed by atoms with E-state index in [1.54, 1.807) is 30.7 Å². The summed E-state index contributed by atoms with van der Waals surface area (Å²) in [5.41, 5.74) is -2.37. The molecule has 26 heavy (non-hydrogen) atoms. The summed E-state index contributed by atoms with van der Waals surface area (Å²) in [5.74, 6) is 0.498. The van der Waals surface area contributed by atoms with Crippen molar-refractivity contribution in [2.45, 2.75) is 37.0 Å². The van der Waals surface area contributed by atoms with Crippen LogP contribution in [0.2, 0.25) is 0 Å². The molecule has 3 aliphatic rings. The van der Waals surface area contributed by atoms with Crippen molar-refractivity contribution in [3.63, 3.8) is 0 Å². The fraction of sp³-hybridized carbons (Fsp3) is 0.375. The van der Waals surface area contributed by atoms with Crippen LogP contribution in [0.15, 0.2) is 46.5 Å². The van der Waals surface area contributed by atoms with Gasteiger partial charge in [-0.1, -0.05) is 5.21 Å². The molecule has 2 bridgehead atoms. The Morgan fingerprint density at radius 2 is 1.85 bits per heavy atom. The monoisotopic (exact) mass is 355 g/mol. The highest BCUT2D eigenvalue weighted by molar-refractivity contribution is 5.24. The highest BCUT2D eigenvalue weighted by atomic mass is 19.1. The molecule has 132 valence electrons. The van der Waals surface area contributed by atoms with Crippen LogP contribution in [0, 0.1) is 0 Å². The van der Waals surface area contributed by atoms with Gasteiger partial charge < -0.3 is 9.13 Å². The van der Waals surface area contributed by atoms with Crippen LogP contribution in [-0.2, 0) is 12.1 Å². The molecule has 0 radical (unpaired) electrons. The maximum atomic E-state index is 13.7. The topological polar surface area (TPSA) is 100 Å². The van der Waals surface area contributed by atoms with Gasteiger partial charge in [0, 0.05) is 31.7 Å². The normalized spacial score (nSPS) is 26.2. The van der Waals surface area contributed by atoms with Crippen molar-refractivity contribution in [2.75, 3.05) is 0 Å². The number of hydrogen-bond donors (Lipinski definition) is 0. The van der Waals surface area contributed by atoms with Crippen LogP contribution in [0.1, 0.15) is 25.0 Å². The first-order chi connectivity index (χ1) is 12.5. The van der Waals surface area contributed by atoms with Gasteiger partial charge in [-0.3, -0.25) is 9.59 Å². The number of nitrogens with zero attached hydrogens (tertiary/aromatic N) is 7. The second kappa shape index (κ2) is 4.93. The molecule has 3 aromatic rings. The van der Waals surface area contributed by atoms with Crippen molar-refractivity contribution >= 4 is 0 Å². The van der Waals surface area contributed by atoms with E-state index in [1.807, 2.05) is 0 Å². The first-order valence-electron chi connectivity index (χ1n) is 8.19. The van der Waals surface area contributed by atoms with Gasteiger partial charge in [0.05, 0.1) is 30.2 Å². The lowest BCUT2D eigenvalue weighted by atomic mass is 9.47. The quantitative estimate of drug-likeness (QED) is 0.612. The number of rotatable bonds is 4. The molecule has 10 heteroatoms. The smallest absolute Gasteiger partial charge is 0.303 e. The summed E-state index contributed by atoms with van der Waals surface area (Å²) in [6.07, 6.45) is 7.23. The van der Waals surface area contributed by atoms with E-state index in [-0.39, 0.29) is 6.54 Å². The number of hydrogen-bond acceptors (Lipinski definition) is 6. The molecule has 6 rings (SSSR count). The third kappa shape index (κ3) is 2.07. The van der Waals surface area contributed by atoms with Gasteiger partial charge in [-0.2, -0.15) is 5.10 Å². The minimum atomic E-state index is -1.13. The molecular weight excluding hydrogens is 341 g/mol. The summed E-state index contributed by atoms with van der Waals surface area (Å²) in [4.78, 5) is 24.8. The van der Waals surface area contributed by atoms with Gasteiger partial charge in [-0.05, 0) is 12.1 Å². The lowest BCUT2D eigenvalue weighted by Gasteiger charge is -2.65. The van der Waals surface area contributed by atoms with Crippen LogP contribution >= 0.6 is 0 Å². The van der Waals surface area contributed by atoms with Crippen molar-refractivity contribution in [3.05, 3.63) is 63.3 Å². The summed E-state index contributed by atoms with van der Waals surface area (Å²) in [5, 5.41) is 15.6. The van der Waals surface area contributed by atoms with Gasteiger partial charge in [0.1, 0.15) is 5.67 Å². The Morgan fingerprint density at radius 3 is 2.46 bits per heavy atom. The summed E-state index contributed by atoms with van der Waals surface area (Å²) >= 11 is 0. The fourth-order valence-electron chi connectivity index (χ4n) is 3.94. The Bertz CT molecular complexity index is 1080. The molecule has 0 aromatic carbocycles. The summed E-state index contributed by atoms with van der Waals surface area (Å²) < 4.78 is 17.9. The van der Waals surface area contributed by atoms with Crippen molar-refractivity contribution in [1.29, 1.82) is 0 Å². The second-order valence-electron chi connectivity index (χ2n) is 7.04. The zero-order valence-electron chi connectivity index (χ0n) is 13.6. The molecule has 0 amide bonds. The minimum absolute atomic E-state index is 0.125. The number of alkyl halides is 1. The first kappa shape index (κ1) is 15.1.